The second-order valence-electron chi connectivity index (χ2n) is 5.87. The van der Waals surface area contributed by atoms with Crippen molar-refractivity contribution in [3.63, 3.8) is 0 Å². The largest absolute Gasteiger partial charge is 0.493 e. The Hall–Kier alpha value is -3.07. The minimum atomic E-state index is -0.493. The van der Waals surface area contributed by atoms with Gasteiger partial charge in [0.05, 0.1) is 20.0 Å². The Balaban J connectivity index is 1.44. The quantitative estimate of drug-likeness (QED) is 0.516. The first kappa shape index (κ1) is 20.7. The van der Waals surface area contributed by atoms with Gasteiger partial charge in [0.1, 0.15) is 13.2 Å². The van der Waals surface area contributed by atoms with E-state index in [9.17, 15) is 9.59 Å². The van der Waals surface area contributed by atoms with E-state index in [0.29, 0.717) is 41.9 Å². The maximum atomic E-state index is 12.0. The monoisotopic (exact) mass is 419 g/mol. The van der Waals surface area contributed by atoms with E-state index in [4.69, 9.17) is 23.7 Å². The molecule has 0 saturated heterocycles. The number of thioether (sulfide) groups is 1. The molecule has 0 radical (unpaired) electrons. The van der Waals surface area contributed by atoms with Crippen molar-refractivity contribution in [1.82, 2.24) is 0 Å². The van der Waals surface area contributed by atoms with Gasteiger partial charge in [-0.15, -0.1) is 11.8 Å². The molecule has 0 unspecified atom stereocenters. The number of ether oxygens (including phenoxy) is 5. The molecule has 0 spiro atoms. The highest BCUT2D eigenvalue weighted by molar-refractivity contribution is 8.00. The minimum absolute atomic E-state index is 0.0727. The fraction of sp³-hybridized carbons (Fsp3) is 0.300. The Morgan fingerprint density at radius 3 is 2.52 bits per heavy atom. The van der Waals surface area contributed by atoms with E-state index in [-0.39, 0.29) is 12.4 Å². The van der Waals surface area contributed by atoms with Gasteiger partial charge in [-0.05, 0) is 30.3 Å². The van der Waals surface area contributed by atoms with Gasteiger partial charge >= 0.3 is 5.97 Å². The molecule has 154 valence electrons. The molecule has 8 nitrogen and oxygen atoms in total. The molecule has 29 heavy (non-hydrogen) atoms. The summed E-state index contributed by atoms with van der Waals surface area (Å²) in [6, 6.07) is 10.4. The average molecular weight is 419 g/mol. The summed E-state index contributed by atoms with van der Waals surface area (Å²) in [4.78, 5) is 24.8. The first-order chi connectivity index (χ1) is 14.1. The first-order valence-corrected chi connectivity index (χ1v) is 9.77. The van der Waals surface area contributed by atoms with Gasteiger partial charge in [0.2, 0.25) is 0 Å². The Bertz CT molecular complexity index is 887. The van der Waals surface area contributed by atoms with Crippen molar-refractivity contribution in [2.75, 3.05) is 45.1 Å². The van der Waals surface area contributed by atoms with Crippen molar-refractivity contribution in [3.05, 3.63) is 36.4 Å². The lowest BCUT2D eigenvalue weighted by Gasteiger charge is -2.18. The molecular weight excluding hydrogens is 398 g/mol. The molecule has 1 aliphatic heterocycles. The third-order valence-electron chi connectivity index (χ3n) is 3.90. The molecule has 1 heterocycles. The van der Waals surface area contributed by atoms with Crippen LogP contribution in [0.2, 0.25) is 0 Å². The summed E-state index contributed by atoms with van der Waals surface area (Å²) in [6.07, 6.45) is 0. The Kier molecular flexibility index (Phi) is 7.07. The van der Waals surface area contributed by atoms with Gasteiger partial charge in [0.15, 0.2) is 29.6 Å². The smallest absolute Gasteiger partial charge is 0.316 e. The topological polar surface area (TPSA) is 92.3 Å². The van der Waals surface area contributed by atoms with Gasteiger partial charge in [0.25, 0.3) is 5.91 Å². The lowest BCUT2D eigenvalue weighted by molar-refractivity contribution is -0.144. The molecule has 0 bridgehead atoms. The molecule has 0 aromatic heterocycles. The van der Waals surface area contributed by atoms with Crippen LogP contribution in [-0.4, -0.2) is 51.7 Å². The number of benzene rings is 2. The SMILES string of the molecule is COc1ccc(NC(=O)COC(=O)CSc2ccc3c(c2)OCCO3)cc1OC. The standard InChI is InChI=1S/C20H21NO7S/c1-24-15-5-3-13(9-17(15)25-2)21-19(22)11-28-20(23)12-29-14-4-6-16-18(10-14)27-8-7-26-16/h3-6,9-10H,7-8,11-12H2,1-2H3,(H,21,22). The van der Waals surface area contributed by atoms with E-state index >= 15 is 0 Å². The molecule has 0 saturated carbocycles. The number of carbonyl (C=O) groups excluding carboxylic acids is 2. The van der Waals surface area contributed by atoms with Crippen LogP contribution in [0.15, 0.2) is 41.3 Å². The van der Waals surface area contributed by atoms with E-state index in [0.717, 1.165) is 4.90 Å². The van der Waals surface area contributed by atoms with E-state index in [1.165, 1.54) is 26.0 Å². The summed E-state index contributed by atoms with van der Waals surface area (Å²) in [6.45, 7) is 0.643. The zero-order valence-corrected chi connectivity index (χ0v) is 16.9. The molecular formula is C20H21NO7S. The predicted molar refractivity (Wildman–Crippen MR) is 107 cm³/mol. The van der Waals surface area contributed by atoms with E-state index in [1.807, 2.05) is 12.1 Å². The van der Waals surface area contributed by atoms with Crippen LogP contribution in [0.1, 0.15) is 0 Å². The Morgan fingerprint density at radius 2 is 1.76 bits per heavy atom. The fourth-order valence-corrected chi connectivity index (χ4v) is 3.28. The van der Waals surface area contributed by atoms with E-state index < -0.39 is 11.9 Å². The number of hydrogen-bond donors (Lipinski definition) is 1. The lowest BCUT2D eigenvalue weighted by atomic mass is 10.2. The van der Waals surface area contributed by atoms with Crippen molar-refractivity contribution >= 4 is 29.3 Å². The molecule has 1 N–H and O–H groups in total. The molecule has 1 amide bonds. The lowest BCUT2D eigenvalue weighted by Crippen LogP contribution is -2.21. The maximum absolute atomic E-state index is 12.0. The van der Waals surface area contributed by atoms with Crippen molar-refractivity contribution in [1.29, 1.82) is 0 Å². The van der Waals surface area contributed by atoms with Gasteiger partial charge in [-0.2, -0.15) is 0 Å². The molecule has 2 aromatic carbocycles. The van der Waals surface area contributed by atoms with Gasteiger partial charge < -0.3 is 29.0 Å². The number of anilines is 1. The highest BCUT2D eigenvalue weighted by Crippen LogP contribution is 2.34. The average Bonchev–Trinajstić information content (AvgIpc) is 2.76. The fourth-order valence-electron chi connectivity index (χ4n) is 2.55. The third-order valence-corrected chi connectivity index (χ3v) is 4.87. The number of methoxy groups -OCH3 is 2. The number of esters is 1. The minimum Gasteiger partial charge on any atom is -0.493 e. The van der Waals surface area contributed by atoms with E-state index in [1.54, 1.807) is 24.3 Å². The van der Waals surface area contributed by atoms with Crippen molar-refractivity contribution in [2.45, 2.75) is 4.90 Å². The molecule has 0 aliphatic carbocycles. The number of amides is 1. The van der Waals surface area contributed by atoms with Crippen LogP contribution >= 0.6 is 11.8 Å². The van der Waals surface area contributed by atoms with Crippen LogP contribution in [0.25, 0.3) is 0 Å². The summed E-state index contributed by atoms with van der Waals surface area (Å²) in [7, 11) is 3.03. The van der Waals surface area contributed by atoms with Crippen molar-refractivity contribution in [2.24, 2.45) is 0 Å². The number of hydrogen-bond acceptors (Lipinski definition) is 8. The summed E-state index contributed by atoms with van der Waals surface area (Å²) in [5.74, 6) is 1.51. The van der Waals surface area contributed by atoms with Gasteiger partial charge in [-0.25, -0.2) is 0 Å². The zero-order valence-electron chi connectivity index (χ0n) is 16.1. The van der Waals surface area contributed by atoms with Crippen LogP contribution in [0, 0.1) is 0 Å². The third kappa shape index (κ3) is 5.71. The summed E-state index contributed by atoms with van der Waals surface area (Å²) < 4.78 is 26.3. The Labute approximate surface area is 172 Å². The van der Waals surface area contributed by atoms with Crippen LogP contribution in [0.5, 0.6) is 23.0 Å². The number of carbonyl (C=O) groups is 2. The van der Waals surface area contributed by atoms with Crippen molar-refractivity contribution in [3.8, 4) is 23.0 Å². The van der Waals surface area contributed by atoms with Gasteiger partial charge in [-0.1, -0.05) is 0 Å². The van der Waals surface area contributed by atoms with E-state index in [2.05, 4.69) is 5.32 Å². The molecule has 3 rings (SSSR count). The first-order valence-electron chi connectivity index (χ1n) is 8.79. The molecule has 0 atom stereocenters. The van der Waals surface area contributed by atoms with Crippen molar-refractivity contribution < 1.29 is 33.3 Å². The predicted octanol–water partition coefficient (Wildman–Crippen LogP) is 2.75. The van der Waals surface area contributed by atoms with Crippen LogP contribution in [0.3, 0.4) is 0 Å². The summed E-state index contributed by atoms with van der Waals surface area (Å²) in [5.41, 5.74) is 0.509. The van der Waals surface area contributed by atoms with Gasteiger partial charge in [0, 0.05) is 16.6 Å². The number of nitrogens with one attached hydrogen (secondary N) is 1. The molecule has 1 aliphatic rings. The maximum Gasteiger partial charge on any atom is 0.316 e. The highest BCUT2D eigenvalue weighted by atomic mass is 32.2. The number of fused-ring (bicyclic) bond motifs is 1. The second kappa shape index (κ2) is 9.92. The molecule has 2 aromatic rings. The molecule has 9 heteroatoms. The summed E-state index contributed by atoms with van der Waals surface area (Å²) >= 11 is 1.29. The highest BCUT2D eigenvalue weighted by Gasteiger charge is 2.14. The normalized spacial score (nSPS) is 12.1. The number of rotatable bonds is 8. The zero-order chi connectivity index (χ0) is 20.6. The second-order valence-corrected chi connectivity index (χ2v) is 6.92. The van der Waals surface area contributed by atoms with Gasteiger partial charge in [-0.3, -0.25) is 9.59 Å². The van der Waals surface area contributed by atoms with Crippen LogP contribution < -0.4 is 24.3 Å². The van der Waals surface area contributed by atoms with Crippen LogP contribution in [0.4, 0.5) is 5.69 Å². The van der Waals surface area contributed by atoms with Crippen LogP contribution in [-0.2, 0) is 14.3 Å². The summed E-state index contributed by atoms with van der Waals surface area (Å²) in [5, 5.41) is 2.64. The Morgan fingerprint density at radius 1 is 1.00 bits per heavy atom. The molecule has 0 fully saturated rings.